The number of alkyl halides is 1. The van der Waals surface area contributed by atoms with Crippen molar-refractivity contribution >= 4 is 45.0 Å². The number of carbonyl (C=O) groups is 1. The number of amides is 1. The van der Waals surface area contributed by atoms with Crippen LogP contribution in [0.2, 0.25) is 10.0 Å². The number of nitrogens with zero attached hydrogens (tertiary/aromatic N) is 1. The average molecular weight is 482 g/mol. The highest BCUT2D eigenvalue weighted by atomic mass is 79.9. The van der Waals surface area contributed by atoms with Gasteiger partial charge in [0.2, 0.25) is 5.95 Å². The molecule has 7 heteroatoms. The Hall–Kier alpha value is -1.95. The zero-order valence-electron chi connectivity index (χ0n) is 14.9. The van der Waals surface area contributed by atoms with Crippen molar-refractivity contribution in [1.29, 1.82) is 0 Å². The molecule has 3 nitrogen and oxygen atoms in total. The number of benzene rings is 2. The second kappa shape index (κ2) is 9.03. The van der Waals surface area contributed by atoms with Crippen LogP contribution in [0, 0.1) is 12.9 Å². The van der Waals surface area contributed by atoms with Crippen LogP contribution >= 0.6 is 39.1 Å². The fraction of sp³-hybridized carbons (Fsp3) is 0.143. The predicted molar refractivity (Wildman–Crippen MR) is 115 cm³/mol. The van der Waals surface area contributed by atoms with Crippen LogP contribution < -0.4 is 5.32 Å². The Morgan fingerprint density at radius 1 is 1.07 bits per heavy atom. The molecule has 0 saturated heterocycles. The van der Waals surface area contributed by atoms with E-state index in [2.05, 4.69) is 26.2 Å². The van der Waals surface area contributed by atoms with Gasteiger partial charge < -0.3 is 5.32 Å². The first-order valence-electron chi connectivity index (χ1n) is 8.43. The molecule has 0 bridgehead atoms. The summed E-state index contributed by atoms with van der Waals surface area (Å²) < 4.78 is 13.3. The lowest BCUT2D eigenvalue weighted by atomic mass is 9.99. The summed E-state index contributed by atoms with van der Waals surface area (Å²) in [7, 11) is 0. The third-order valence-corrected chi connectivity index (χ3v) is 5.60. The van der Waals surface area contributed by atoms with Gasteiger partial charge in [-0.05, 0) is 60.0 Å². The maximum atomic E-state index is 13.3. The molecule has 0 aliphatic carbocycles. The van der Waals surface area contributed by atoms with Crippen LogP contribution in [0.3, 0.4) is 0 Å². The maximum Gasteiger partial charge on any atom is 0.251 e. The normalized spacial score (nSPS) is 10.8. The van der Waals surface area contributed by atoms with E-state index in [0.717, 1.165) is 22.3 Å². The van der Waals surface area contributed by atoms with Crippen molar-refractivity contribution in [3.05, 3.63) is 86.9 Å². The van der Waals surface area contributed by atoms with Gasteiger partial charge in [0.1, 0.15) is 0 Å². The highest BCUT2D eigenvalue weighted by molar-refractivity contribution is 9.08. The summed E-state index contributed by atoms with van der Waals surface area (Å²) in [6.07, 6.45) is 0. The first-order valence-corrected chi connectivity index (χ1v) is 10.3. The molecule has 3 rings (SSSR count). The van der Waals surface area contributed by atoms with Crippen LogP contribution in [-0.4, -0.2) is 10.9 Å². The van der Waals surface area contributed by atoms with E-state index < -0.39 is 5.95 Å². The second-order valence-corrected chi connectivity index (χ2v) is 7.63. The molecule has 0 fully saturated rings. The smallest absolute Gasteiger partial charge is 0.251 e. The summed E-state index contributed by atoms with van der Waals surface area (Å²) in [5, 5.41) is 4.38. The van der Waals surface area contributed by atoms with Gasteiger partial charge in [0, 0.05) is 28.7 Å². The molecule has 1 amide bonds. The molecular weight excluding hydrogens is 466 g/mol. The Bertz CT molecular complexity index is 1040. The van der Waals surface area contributed by atoms with Crippen molar-refractivity contribution in [3.63, 3.8) is 0 Å². The summed E-state index contributed by atoms with van der Waals surface area (Å²) in [6, 6.07) is 13.7. The van der Waals surface area contributed by atoms with Crippen molar-refractivity contribution in [2.24, 2.45) is 0 Å². The SMILES string of the molecule is Cc1nc(F)ccc1-c1cc(CBr)cc(C(=O)NCc2ccc(Cl)c(Cl)c2)c1. The zero-order chi connectivity index (χ0) is 20.3. The Morgan fingerprint density at radius 2 is 1.86 bits per heavy atom. The largest absolute Gasteiger partial charge is 0.348 e. The molecule has 0 aliphatic heterocycles. The molecule has 1 N–H and O–H groups in total. The van der Waals surface area contributed by atoms with Gasteiger partial charge in [-0.25, -0.2) is 4.98 Å². The van der Waals surface area contributed by atoms with Crippen molar-refractivity contribution in [2.75, 3.05) is 0 Å². The number of carbonyl (C=O) groups excluding carboxylic acids is 1. The van der Waals surface area contributed by atoms with E-state index in [1.54, 1.807) is 31.2 Å². The van der Waals surface area contributed by atoms with E-state index in [9.17, 15) is 9.18 Å². The van der Waals surface area contributed by atoms with Gasteiger partial charge in [-0.3, -0.25) is 4.79 Å². The van der Waals surface area contributed by atoms with E-state index in [0.29, 0.717) is 33.2 Å². The molecule has 28 heavy (non-hydrogen) atoms. The fourth-order valence-electron chi connectivity index (χ4n) is 2.83. The minimum atomic E-state index is -0.530. The van der Waals surface area contributed by atoms with Crippen LogP contribution in [0.4, 0.5) is 4.39 Å². The first-order chi connectivity index (χ1) is 13.4. The first kappa shape index (κ1) is 20.8. The molecule has 144 valence electrons. The Labute approximate surface area is 181 Å². The molecule has 0 spiro atoms. The van der Waals surface area contributed by atoms with Crippen LogP contribution in [0.25, 0.3) is 11.1 Å². The summed E-state index contributed by atoms with van der Waals surface area (Å²) in [6.45, 7) is 2.06. The molecule has 0 aliphatic rings. The molecule has 0 unspecified atom stereocenters. The van der Waals surface area contributed by atoms with Crippen LogP contribution in [0.1, 0.15) is 27.2 Å². The van der Waals surface area contributed by atoms with Crippen molar-refractivity contribution < 1.29 is 9.18 Å². The highest BCUT2D eigenvalue weighted by Crippen LogP contribution is 2.26. The second-order valence-electron chi connectivity index (χ2n) is 6.25. The third kappa shape index (κ3) is 4.90. The average Bonchev–Trinajstić information content (AvgIpc) is 2.68. The quantitative estimate of drug-likeness (QED) is 0.341. The molecule has 0 radical (unpaired) electrons. The van der Waals surface area contributed by atoms with Gasteiger partial charge in [-0.2, -0.15) is 4.39 Å². The lowest BCUT2D eigenvalue weighted by Gasteiger charge is -2.11. The lowest BCUT2D eigenvalue weighted by Crippen LogP contribution is -2.23. The van der Waals surface area contributed by atoms with E-state index in [1.807, 2.05) is 18.2 Å². The van der Waals surface area contributed by atoms with Gasteiger partial charge >= 0.3 is 0 Å². The number of hydrogen-bond donors (Lipinski definition) is 1. The van der Waals surface area contributed by atoms with Gasteiger partial charge in [-0.15, -0.1) is 0 Å². The Morgan fingerprint density at radius 3 is 2.54 bits per heavy atom. The van der Waals surface area contributed by atoms with Crippen LogP contribution in [0.15, 0.2) is 48.5 Å². The van der Waals surface area contributed by atoms with Crippen LogP contribution in [0.5, 0.6) is 0 Å². The Kier molecular flexibility index (Phi) is 6.70. The fourth-order valence-corrected chi connectivity index (χ4v) is 3.47. The van der Waals surface area contributed by atoms with Gasteiger partial charge in [0.25, 0.3) is 5.91 Å². The van der Waals surface area contributed by atoms with Crippen molar-refractivity contribution in [3.8, 4) is 11.1 Å². The van der Waals surface area contributed by atoms with E-state index in [-0.39, 0.29) is 5.91 Å². The highest BCUT2D eigenvalue weighted by Gasteiger charge is 2.12. The molecule has 0 saturated carbocycles. The maximum absolute atomic E-state index is 13.3. The van der Waals surface area contributed by atoms with E-state index in [4.69, 9.17) is 23.2 Å². The van der Waals surface area contributed by atoms with Gasteiger partial charge in [0.15, 0.2) is 0 Å². The standard InChI is InChI=1S/C21H16BrCl2FN2O/c1-12-17(3-5-20(25)27-12)15-6-14(10-22)7-16(9-15)21(28)26-11-13-2-4-18(23)19(24)8-13/h2-9H,10-11H2,1H3,(H,26,28). The zero-order valence-corrected chi connectivity index (χ0v) is 18.0. The monoisotopic (exact) mass is 480 g/mol. The van der Waals surface area contributed by atoms with Crippen LogP contribution in [-0.2, 0) is 11.9 Å². The molecule has 0 atom stereocenters. The minimum Gasteiger partial charge on any atom is -0.348 e. The van der Waals surface area contributed by atoms with Gasteiger partial charge in [-0.1, -0.05) is 51.3 Å². The molecular formula is C21H16BrCl2FN2O. The summed E-state index contributed by atoms with van der Waals surface area (Å²) >= 11 is 15.4. The minimum absolute atomic E-state index is 0.220. The summed E-state index contributed by atoms with van der Waals surface area (Å²) in [5.41, 5.74) is 4.44. The third-order valence-electron chi connectivity index (χ3n) is 4.21. The van der Waals surface area contributed by atoms with Crippen molar-refractivity contribution in [1.82, 2.24) is 10.3 Å². The van der Waals surface area contributed by atoms with Crippen molar-refractivity contribution in [2.45, 2.75) is 18.8 Å². The van der Waals surface area contributed by atoms with E-state index >= 15 is 0 Å². The number of aryl methyl sites for hydroxylation is 1. The number of halogens is 4. The number of nitrogens with one attached hydrogen (secondary N) is 1. The van der Waals surface area contributed by atoms with Gasteiger partial charge in [0.05, 0.1) is 10.0 Å². The summed E-state index contributed by atoms with van der Waals surface area (Å²) in [4.78, 5) is 16.6. The number of aromatic nitrogens is 1. The number of pyridine rings is 1. The number of rotatable bonds is 5. The number of hydrogen-bond acceptors (Lipinski definition) is 2. The van der Waals surface area contributed by atoms with E-state index in [1.165, 1.54) is 6.07 Å². The Balaban J connectivity index is 1.86. The molecule has 1 aromatic heterocycles. The lowest BCUT2D eigenvalue weighted by molar-refractivity contribution is 0.0951. The predicted octanol–water partition coefficient (Wildman–Crippen LogP) is 6.33. The molecule has 1 heterocycles. The summed E-state index contributed by atoms with van der Waals surface area (Å²) in [5.74, 6) is -0.750. The molecule has 2 aromatic carbocycles. The topological polar surface area (TPSA) is 42.0 Å². The molecule has 3 aromatic rings.